The normalized spacial score (nSPS) is 30.0. The van der Waals surface area contributed by atoms with Crippen LogP contribution in [0.1, 0.15) is 31.9 Å². The van der Waals surface area contributed by atoms with E-state index in [0.717, 1.165) is 6.54 Å². The Hall–Kier alpha value is -2.21. The molecule has 0 unspecified atom stereocenters. The fourth-order valence-corrected chi connectivity index (χ4v) is 3.65. The third-order valence-electron chi connectivity index (χ3n) is 5.07. The van der Waals surface area contributed by atoms with Gasteiger partial charge >= 0.3 is 0 Å². The zero-order valence-corrected chi connectivity index (χ0v) is 13.7. The Balaban J connectivity index is 1.59. The third-order valence-corrected chi connectivity index (χ3v) is 5.07. The summed E-state index contributed by atoms with van der Waals surface area (Å²) < 4.78 is 7.16. The maximum absolute atomic E-state index is 10.2. The summed E-state index contributed by atoms with van der Waals surface area (Å²) in [6.45, 7) is 0.861. The molecular weight excluding hydrogens is 322 g/mol. The largest absolute Gasteiger partial charge is 0.386 e. The molecule has 2 aliphatic rings. The maximum atomic E-state index is 10.2. The molecule has 3 heterocycles. The number of anilines is 1. The van der Waals surface area contributed by atoms with Crippen molar-refractivity contribution < 1.29 is 14.9 Å². The molecule has 0 bridgehead atoms. The molecule has 1 saturated carbocycles. The van der Waals surface area contributed by atoms with E-state index in [1.165, 1.54) is 38.3 Å². The Morgan fingerprint density at radius 3 is 2.76 bits per heavy atom. The van der Waals surface area contributed by atoms with Crippen molar-refractivity contribution in [2.75, 3.05) is 11.9 Å². The number of nitrogens with zero attached hydrogens (tertiary/aromatic N) is 4. The number of terminal acetylenes is 1. The van der Waals surface area contributed by atoms with Crippen molar-refractivity contribution in [3.63, 3.8) is 0 Å². The first-order chi connectivity index (χ1) is 12.2. The standard InChI is InChI=1S/C17H21N5O3/c1-2-11-13(23)14(24)17(25-11)22-9-21-12-15(19-8-20-16(12)22)18-7-10-5-3-4-6-10/h1,8-11,13-14,17,23-24H,3-7H2,(H,18,19,20)/t11-,13-,14-,17-/m1/s1. The molecule has 2 fully saturated rings. The lowest BCUT2D eigenvalue weighted by molar-refractivity contribution is -0.0230. The molecular formula is C17H21N5O3. The zero-order chi connectivity index (χ0) is 17.4. The first-order valence-corrected chi connectivity index (χ1v) is 8.58. The second kappa shape index (κ2) is 6.59. The number of rotatable bonds is 4. The van der Waals surface area contributed by atoms with Gasteiger partial charge in [-0.05, 0) is 18.8 Å². The molecule has 4 atom stereocenters. The quantitative estimate of drug-likeness (QED) is 0.701. The average Bonchev–Trinajstić information content (AvgIpc) is 3.34. The smallest absolute Gasteiger partial charge is 0.167 e. The number of hydrogen-bond acceptors (Lipinski definition) is 7. The maximum Gasteiger partial charge on any atom is 0.167 e. The Labute approximate surface area is 145 Å². The molecule has 1 saturated heterocycles. The number of aliphatic hydroxyl groups is 2. The van der Waals surface area contributed by atoms with E-state index in [1.807, 2.05) is 0 Å². The van der Waals surface area contributed by atoms with Gasteiger partial charge in [0.1, 0.15) is 24.6 Å². The highest BCUT2D eigenvalue weighted by Gasteiger charge is 2.43. The molecule has 2 aromatic heterocycles. The van der Waals surface area contributed by atoms with E-state index in [9.17, 15) is 10.2 Å². The van der Waals surface area contributed by atoms with E-state index in [-0.39, 0.29) is 0 Å². The summed E-state index contributed by atoms with van der Waals surface area (Å²) >= 11 is 0. The van der Waals surface area contributed by atoms with Crippen molar-refractivity contribution >= 4 is 17.0 Å². The lowest BCUT2D eigenvalue weighted by Crippen LogP contribution is -2.30. The van der Waals surface area contributed by atoms with Gasteiger partial charge in [0.25, 0.3) is 0 Å². The number of fused-ring (bicyclic) bond motifs is 1. The van der Waals surface area contributed by atoms with Crippen LogP contribution in [0.25, 0.3) is 11.2 Å². The van der Waals surface area contributed by atoms with Crippen molar-refractivity contribution in [3.8, 4) is 12.3 Å². The Morgan fingerprint density at radius 1 is 1.24 bits per heavy atom. The van der Waals surface area contributed by atoms with Gasteiger partial charge < -0.3 is 20.3 Å². The lowest BCUT2D eigenvalue weighted by Gasteiger charge is -2.16. The third kappa shape index (κ3) is 2.84. The molecule has 0 radical (unpaired) electrons. The van der Waals surface area contributed by atoms with Crippen LogP contribution in [-0.2, 0) is 4.74 Å². The molecule has 3 N–H and O–H groups in total. The van der Waals surface area contributed by atoms with Crippen LogP contribution >= 0.6 is 0 Å². The van der Waals surface area contributed by atoms with Crippen molar-refractivity contribution in [3.05, 3.63) is 12.7 Å². The number of aliphatic hydroxyl groups excluding tert-OH is 2. The van der Waals surface area contributed by atoms with Gasteiger partial charge in [-0.15, -0.1) is 6.42 Å². The van der Waals surface area contributed by atoms with E-state index >= 15 is 0 Å². The Morgan fingerprint density at radius 2 is 2.04 bits per heavy atom. The number of hydrogen-bond donors (Lipinski definition) is 3. The lowest BCUT2D eigenvalue weighted by atomic mass is 10.1. The summed E-state index contributed by atoms with van der Waals surface area (Å²) in [5, 5.41) is 23.6. The van der Waals surface area contributed by atoms with E-state index < -0.39 is 24.5 Å². The molecule has 132 valence electrons. The Kier molecular flexibility index (Phi) is 4.29. The molecule has 1 aliphatic carbocycles. The SMILES string of the molecule is C#C[C@H]1O[C@@H](n2cnc3c(NCC4CCCC4)ncnc32)[C@H](O)[C@@H]1O. The first kappa shape index (κ1) is 16.3. The summed E-state index contributed by atoms with van der Waals surface area (Å²) in [6, 6.07) is 0. The minimum Gasteiger partial charge on any atom is -0.386 e. The first-order valence-electron chi connectivity index (χ1n) is 8.58. The van der Waals surface area contributed by atoms with Crippen molar-refractivity contribution in [2.45, 2.75) is 50.2 Å². The predicted octanol–water partition coefficient (Wildman–Crippen LogP) is 0.681. The van der Waals surface area contributed by atoms with Crippen LogP contribution < -0.4 is 5.32 Å². The summed E-state index contributed by atoms with van der Waals surface area (Å²) in [7, 11) is 0. The van der Waals surface area contributed by atoms with Crippen molar-refractivity contribution in [1.29, 1.82) is 0 Å². The zero-order valence-electron chi connectivity index (χ0n) is 13.7. The topological polar surface area (TPSA) is 105 Å². The van der Waals surface area contributed by atoms with Crippen molar-refractivity contribution in [2.24, 2.45) is 5.92 Å². The summed E-state index contributed by atoms with van der Waals surface area (Å²) in [5.41, 5.74) is 1.13. The van der Waals surface area contributed by atoms with Gasteiger partial charge in [-0.2, -0.15) is 0 Å². The fraction of sp³-hybridized carbons (Fsp3) is 0.588. The molecule has 25 heavy (non-hydrogen) atoms. The summed E-state index contributed by atoms with van der Waals surface area (Å²) in [5.74, 6) is 3.67. The minimum absolute atomic E-state index is 0.526. The molecule has 1 aliphatic heterocycles. The van der Waals surface area contributed by atoms with Gasteiger partial charge in [0, 0.05) is 6.54 Å². The molecule has 0 amide bonds. The number of nitrogens with one attached hydrogen (secondary N) is 1. The van der Waals surface area contributed by atoms with Crippen LogP contribution in [0.4, 0.5) is 5.82 Å². The van der Waals surface area contributed by atoms with E-state index in [1.54, 1.807) is 4.57 Å². The van der Waals surface area contributed by atoms with Crippen LogP contribution in [0, 0.1) is 18.3 Å². The number of aromatic nitrogens is 4. The fourth-order valence-electron chi connectivity index (χ4n) is 3.65. The van der Waals surface area contributed by atoms with Gasteiger partial charge in [-0.25, -0.2) is 15.0 Å². The predicted molar refractivity (Wildman–Crippen MR) is 90.5 cm³/mol. The van der Waals surface area contributed by atoms with Gasteiger partial charge in [-0.3, -0.25) is 4.57 Å². The molecule has 4 rings (SSSR count). The van der Waals surface area contributed by atoms with Crippen LogP contribution in [-0.4, -0.2) is 54.6 Å². The van der Waals surface area contributed by atoms with Crippen LogP contribution in [0.2, 0.25) is 0 Å². The molecule has 0 aromatic carbocycles. The second-order valence-electron chi connectivity index (χ2n) is 6.67. The molecule has 2 aromatic rings. The van der Waals surface area contributed by atoms with Gasteiger partial charge in [0.05, 0.1) is 6.33 Å². The highest BCUT2D eigenvalue weighted by Crippen LogP contribution is 2.32. The van der Waals surface area contributed by atoms with E-state index in [2.05, 4.69) is 26.2 Å². The van der Waals surface area contributed by atoms with Crippen molar-refractivity contribution in [1.82, 2.24) is 19.5 Å². The van der Waals surface area contributed by atoms with Gasteiger partial charge in [-0.1, -0.05) is 18.8 Å². The highest BCUT2D eigenvalue weighted by atomic mass is 16.6. The number of imidazole rings is 1. The van der Waals surface area contributed by atoms with Crippen LogP contribution in [0.3, 0.4) is 0 Å². The number of ether oxygens (including phenoxy) is 1. The van der Waals surface area contributed by atoms with Crippen LogP contribution in [0.5, 0.6) is 0 Å². The minimum atomic E-state index is -1.15. The van der Waals surface area contributed by atoms with Crippen LogP contribution in [0.15, 0.2) is 12.7 Å². The monoisotopic (exact) mass is 343 g/mol. The Bertz CT molecular complexity index is 795. The molecule has 8 nitrogen and oxygen atoms in total. The average molecular weight is 343 g/mol. The highest BCUT2D eigenvalue weighted by molar-refractivity contribution is 5.82. The summed E-state index contributed by atoms with van der Waals surface area (Å²) in [6.07, 6.45) is 9.37. The van der Waals surface area contributed by atoms with E-state index in [4.69, 9.17) is 11.2 Å². The molecule has 8 heteroatoms. The van der Waals surface area contributed by atoms with E-state index in [0.29, 0.717) is 22.9 Å². The van der Waals surface area contributed by atoms with Gasteiger partial charge in [0.15, 0.2) is 23.2 Å². The second-order valence-corrected chi connectivity index (χ2v) is 6.67. The molecule has 0 spiro atoms. The van der Waals surface area contributed by atoms with Gasteiger partial charge in [0.2, 0.25) is 0 Å². The summed E-state index contributed by atoms with van der Waals surface area (Å²) in [4.78, 5) is 12.9.